The lowest BCUT2D eigenvalue weighted by Crippen LogP contribution is -2.43. The number of non-ortho nitro benzene ring substituents is 1. The standard InChI is InChI=1S/C12H17N3O3/c1-8(2)11(13)12(16)14-7-9-4-3-5-10(6-9)15(17)18/h3-6,8,11H,7,13H2,1-2H3,(H,14,16). The summed E-state index contributed by atoms with van der Waals surface area (Å²) in [5.41, 5.74) is 6.37. The molecule has 1 aromatic carbocycles. The Morgan fingerprint density at radius 2 is 2.17 bits per heavy atom. The highest BCUT2D eigenvalue weighted by Crippen LogP contribution is 2.12. The van der Waals surface area contributed by atoms with E-state index < -0.39 is 11.0 Å². The maximum Gasteiger partial charge on any atom is 0.269 e. The molecule has 18 heavy (non-hydrogen) atoms. The summed E-state index contributed by atoms with van der Waals surface area (Å²) in [5.74, 6) is -0.202. The zero-order valence-corrected chi connectivity index (χ0v) is 10.4. The smallest absolute Gasteiger partial charge is 0.269 e. The van der Waals surface area contributed by atoms with Gasteiger partial charge in [-0.25, -0.2) is 0 Å². The highest BCUT2D eigenvalue weighted by atomic mass is 16.6. The van der Waals surface area contributed by atoms with Crippen molar-refractivity contribution in [3.63, 3.8) is 0 Å². The van der Waals surface area contributed by atoms with E-state index in [2.05, 4.69) is 5.32 Å². The summed E-state index contributed by atoms with van der Waals surface area (Å²) in [6, 6.07) is 5.58. The Morgan fingerprint density at radius 3 is 2.72 bits per heavy atom. The van der Waals surface area contributed by atoms with Crippen molar-refractivity contribution in [2.24, 2.45) is 11.7 Å². The molecule has 0 aromatic heterocycles. The van der Waals surface area contributed by atoms with E-state index in [0.29, 0.717) is 5.56 Å². The number of nitro groups is 1. The Balaban J connectivity index is 2.61. The molecular weight excluding hydrogens is 234 g/mol. The average Bonchev–Trinajstić information content (AvgIpc) is 2.35. The quantitative estimate of drug-likeness (QED) is 0.606. The lowest BCUT2D eigenvalue weighted by Gasteiger charge is -2.15. The van der Waals surface area contributed by atoms with Gasteiger partial charge >= 0.3 is 0 Å². The Kier molecular flexibility index (Phi) is 4.79. The molecule has 0 fully saturated rings. The van der Waals surface area contributed by atoms with Crippen molar-refractivity contribution >= 4 is 11.6 Å². The first-order valence-electron chi connectivity index (χ1n) is 5.68. The van der Waals surface area contributed by atoms with Gasteiger partial charge < -0.3 is 11.1 Å². The molecule has 1 atom stereocenters. The Labute approximate surface area is 105 Å². The number of nitro benzene ring substituents is 1. The molecule has 3 N–H and O–H groups in total. The van der Waals surface area contributed by atoms with Crippen molar-refractivity contribution in [1.82, 2.24) is 5.32 Å². The number of rotatable bonds is 5. The van der Waals surface area contributed by atoms with Gasteiger partial charge in [-0.2, -0.15) is 0 Å². The molecule has 1 aromatic rings. The molecule has 6 heteroatoms. The van der Waals surface area contributed by atoms with E-state index in [9.17, 15) is 14.9 Å². The van der Waals surface area contributed by atoms with Gasteiger partial charge in [0.15, 0.2) is 0 Å². The van der Waals surface area contributed by atoms with Crippen LogP contribution >= 0.6 is 0 Å². The van der Waals surface area contributed by atoms with Gasteiger partial charge in [-0.3, -0.25) is 14.9 Å². The van der Waals surface area contributed by atoms with Crippen LogP contribution in [0.4, 0.5) is 5.69 Å². The van der Waals surface area contributed by atoms with Gasteiger partial charge in [-0.15, -0.1) is 0 Å². The van der Waals surface area contributed by atoms with Gasteiger partial charge in [-0.1, -0.05) is 26.0 Å². The van der Waals surface area contributed by atoms with Crippen molar-refractivity contribution in [1.29, 1.82) is 0 Å². The fourth-order valence-electron chi connectivity index (χ4n) is 1.39. The fraction of sp³-hybridized carbons (Fsp3) is 0.417. The number of carbonyl (C=O) groups is 1. The van der Waals surface area contributed by atoms with Gasteiger partial charge in [0.05, 0.1) is 11.0 Å². The highest BCUT2D eigenvalue weighted by molar-refractivity contribution is 5.81. The molecule has 0 saturated heterocycles. The van der Waals surface area contributed by atoms with Crippen molar-refractivity contribution in [3.05, 3.63) is 39.9 Å². The maximum absolute atomic E-state index is 11.6. The predicted molar refractivity (Wildman–Crippen MR) is 67.8 cm³/mol. The zero-order valence-electron chi connectivity index (χ0n) is 10.4. The van der Waals surface area contributed by atoms with Gasteiger partial charge in [-0.05, 0) is 11.5 Å². The van der Waals surface area contributed by atoms with Crippen molar-refractivity contribution in [2.45, 2.75) is 26.4 Å². The topological polar surface area (TPSA) is 98.3 Å². The van der Waals surface area contributed by atoms with Crippen LogP contribution in [0.1, 0.15) is 19.4 Å². The SMILES string of the molecule is CC(C)C(N)C(=O)NCc1cccc([N+](=O)[O-])c1. The molecule has 1 rings (SSSR count). The van der Waals surface area contributed by atoms with Gasteiger partial charge in [0.1, 0.15) is 0 Å². The summed E-state index contributed by atoms with van der Waals surface area (Å²) < 4.78 is 0. The molecule has 1 amide bonds. The van der Waals surface area contributed by atoms with E-state index in [4.69, 9.17) is 5.73 Å². The number of hydrogen-bond donors (Lipinski definition) is 2. The van der Waals surface area contributed by atoms with E-state index in [1.807, 2.05) is 13.8 Å². The second-order valence-corrected chi connectivity index (χ2v) is 4.41. The lowest BCUT2D eigenvalue weighted by molar-refractivity contribution is -0.384. The molecule has 0 saturated carbocycles. The summed E-state index contributed by atoms with van der Waals surface area (Å²) in [7, 11) is 0. The first-order chi connectivity index (χ1) is 8.41. The number of benzene rings is 1. The van der Waals surface area contributed by atoms with E-state index in [0.717, 1.165) is 0 Å². The highest BCUT2D eigenvalue weighted by Gasteiger charge is 2.16. The maximum atomic E-state index is 11.6. The number of nitrogens with zero attached hydrogens (tertiary/aromatic N) is 1. The Morgan fingerprint density at radius 1 is 1.50 bits per heavy atom. The first kappa shape index (κ1) is 14.1. The van der Waals surface area contributed by atoms with Gasteiger partial charge in [0, 0.05) is 18.7 Å². The van der Waals surface area contributed by atoms with Gasteiger partial charge in [0.25, 0.3) is 5.69 Å². The van der Waals surface area contributed by atoms with Gasteiger partial charge in [0.2, 0.25) is 5.91 Å². The van der Waals surface area contributed by atoms with Crippen LogP contribution in [-0.2, 0) is 11.3 Å². The van der Waals surface area contributed by atoms with Crippen LogP contribution in [0.15, 0.2) is 24.3 Å². The predicted octanol–water partition coefficient (Wildman–Crippen LogP) is 1.19. The van der Waals surface area contributed by atoms with Crippen LogP contribution < -0.4 is 11.1 Å². The van der Waals surface area contributed by atoms with Crippen LogP contribution in [0.5, 0.6) is 0 Å². The number of nitrogens with one attached hydrogen (secondary N) is 1. The fourth-order valence-corrected chi connectivity index (χ4v) is 1.39. The third kappa shape index (κ3) is 3.81. The minimum Gasteiger partial charge on any atom is -0.351 e. The third-order valence-electron chi connectivity index (χ3n) is 2.61. The second kappa shape index (κ2) is 6.11. The monoisotopic (exact) mass is 251 g/mol. The molecule has 0 aliphatic heterocycles. The molecule has 6 nitrogen and oxygen atoms in total. The molecule has 0 spiro atoms. The summed E-state index contributed by atoms with van der Waals surface area (Å²) in [5, 5.41) is 13.2. The minimum absolute atomic E-state index is 0.00917. The molecular formula is C12H17N3O3. The summed E-state index contributed by atoms with van der Waals surface area (Å²) in [6.45, 7) is 3.95. The molecule has 0 aliphatic rings. The van der Waals surface area contributed by atoms with E-state index in [1.165, 1.54) is 12.1 Å². The third-order valence-corrected chi connectivity index (χ3v) is 2.61. The van der Waals surface area contributed by atoms with Crippen LogP contribution in [0.2, 0.25) is 0 Å². The number of carbonyl (C=O) groups excluding carboxylic acids is 1. The number of nitrogens with two attached hydrogens (primary N) is 1. The first-order valence-corrected chi connectivity index (χ1v) is 5.68. The molecule has 0 radical (unpaired) electrons. The van der Waals surface area contributed by atoms with Crippen LogP contribution in [0, 0.1) is 16.0 Å². The normalized spacial score (nSPS) is 12.2. The number of amides is 1. The Hall–Kier alpha value is -1.95. The lowest BCUT2D eigenvalue weighted by atomic mass is 10.0. The van der Waals surface area contributed by atoms with E-state index in [1.54, 1.807) is 12.1 Å². The molecule has 0 heterocycles. The Bertz CT molecular complexity index is 446. The van der Waals surface area contributed by atoms with Crippen molar-refractivity contribution < 1.29 is 9.72 Å². The van der Waals surface area contributed by atoms with Crippen LogP contribution in [0.25, 0.3) is 0 Å². The minimum atomic E-state index is -0.566. The van der Waals surface area contributed by atoms with E-state index in [-0.39, 0.29) is 24.1 Å². The summed E-state index contributed by atoms with van der Waals surface area (Å²) in [6.07, 6.45) is 0. The molecule has 0 bridgehead atoms. The second-order valence-electron chi connectivity index (χ2n) is 4.41. The molecule has 0 aliphatic carbocycles. The largest absolute Gasteiger partial charge is 0.351 e. The van der Waals surface area contributed by atoms with E-state index >= 15 is 0 Å². The number of hydrogen-bond acceptors (Lipinski definition) is 4. The van der Waals surface area contributed by atoms with Crippen molar-refractivity contribution in [2.75, 3.05) is 0 Å². The zero-order chi connectivity index (χ0) is 13.7. The molecule has 98 valence electrons. The molecule has 1 unspecified atom stereocenters. The summed E-state index contributed by atoms with van der Waals surface area (Å²) in [4.78, 5) is 21.7. The van der Waals surface area contributed by atoms with Crippen molar-refractivity contribution in [3.8, 4) is 0 Å². The van der Waals surface area contributed by atoms with Crippen LogP contribution in [0.3, 0.4) is 0 Å². The average molecular weight is 251 g/mol. The van der Waals surface area contributed by atoms with Crippen LogP contribution in [-0.4, -0.2) is 16.9 Å². The summed E-state index contributed by atoms with van der Waals surface area (Å²) >= 11 is 0.